The minimum atomic E-state index is -0.416. The van der Waals surface area contributed by atoms with E-state index in [1.165, 1.54) is 0 Å². The van der Waals surface area contributed by atoms with Gasteiger partial charge in [-0.25, -0.2) is 4.98 Å². The molecule has 144 valence electrons. The van der Waals surface area contributed by atoms with Gasteiger partial charge in [0, 0.05) is 29.8 Å². The number of nitrogens with one attached hydrogen (secondary N) is 1. The largest absolute Gasteiger partial charge is 0.443 e. The molecule has 1 aromatic carbocycles. The van der Waals surface area contributed by atoms with Gasteiger partial charge < -0.3 is 9.73 Å². The van der Waals surface area contributed by atoms with E-state index in [0.29, 0.717) is 23.0 Å². The van der Waals surface area contributed by atoms with Crippen molar-refractivity contribution in [3.63, 3.8) is 0 Å². The molecule has 0 radical (unpaired) electrons. The average Bonchev–Trinajstić information content (AvgIpc) is 3.40. The first kappa shape index (κ1) is 18.8. The Kier molecular flexibility index (Phi) is 5.15. The van der Waals surface area contributed by atoms with Crippen molar-refractivity contribution in [1.82, 2.24) is 9.55 Å². The predicted molar refractivity (Wildman–Crippen MR) is 112 cm³/mol. The SMILES string of the molecule is Cc1oc(-n2cccc2)c(C#N)c1C(=O)Nc1cccc(C#Cc2ccccn2)c1. The number of pyridine rings is 1. The third kappa shape index (κ3) is 3.84. The lowest BCUT2D eigenvalue weighted by Crippen LogP contribution is -2.14. The Morgan fingerprint density at radius 2 is 1.93 bits per heavy atom. The number of aromatic nitrogens is 2. The van der Waals surface area contributed by atoms with Crippen LogP contribution in [0.25, 0.3) is 5.88 Å². The van der Waals surface area contributed by atoms with Crippen molar-refractivity contribution in [2.24, 2.45) is 0 Å². The number of furan rings is 1. The van der Waals surface area contributed by atoms with Crippen LogP contribution in [-0.4, -0.2) is 15.5 Å². The van der Waals surface area contributed by atoms with Gasteiger partial charge in [-0.3, -0.25) is 9.36 Å². The van der Waals surface area contributed by atoms with Crippen LogP contribution in [0.3, 0.4) is 0 Å². The maximum absolute atomic E-state index is 12.9. The van der Waals surface area contributed by atoms with Crippen LogP contribution in [0.1, 0.15) is 32.9 Å². The molecular weight excluding hydrogens is 376 g/mol. The fourth-order valence-corrected chi connectivity index (χ4v) is 3.00. The number of nitrogens with zero attached hydrogens (tertiary/aromatic N) is 3. The van der Waals surface area contributed by atoms with Gasteiger partial charge >= 0.3 is 0 Å². The van der Waals surface area contributed by atoms with E-state index in [0.717, 1.165) is 5.56 Å². The van der Waals surface area contributed by atoms with E-state index in [2.05, 4.69) is 28.2 Å². The van der Waals surface area contributed by atoms with Crippen LogP contribution in [-0.2, 0) is 0 Å². The van der Waals surface area contributed by atoms with E-state index in [9.17, 15) is 10.1 Å². The number of anilines is 1. The highest BCUT2D eigenvalue weighted by Gasteiger charge is 2.24. The molecule has 6 heteroatoms. The first-order valence-electron chi connectivity index (χ1n) is 9.17. The molecule has 0 fully saturated rings. The molecule has 0 aliphatic rings. The van der Waals surface area contributed by atoms with Crippen LogP contribution in [0.4, 0.5) is 5.69 Å². The summed E-state index contributed by atoms with van der Waals surface area (Å²) in [4.78, 5) is 17.1. The summed E-state index contributed by atoms with van der Waals surface area (Å²) in [7, 11) is 0. The molecule has 3 heterocycles. The van der Waals surface area contributed by atoms with Crippen LogP contribution in [0.5, 0.6) is 0 Å². The van der Waals surface area contributed by atoms with E-state index in [1.807, 2.05) is 36.4 Å². The van der Waals surface area contributed by atoms with Crippen LogP contribution in [0, 0.1) is 30.1 Å². The number of aryl methyl sites for hydroxylation is 1. The molecule has 0 aliphatic carbocycles. The predicted octanol–water partition coefficient (Wildman–Crippen LogP) is 4.30. The Morgan fingerprint density at radius 3 is 2.67 bits per heavy atom. The van der Waals surface area contributed by atoms with Crippen molar-refractivity contribution in [1.29, 1.82) is 5.26 Å². The van der Waals surface area contributed by atoms with E-state index in [4.69, 9.17) is 4.42 Å². The Hall–Kier alpha value is -4.55. The Bertz CT molecular complexity index is 1300. The number of hydrogen-bond donors (Lipinski definition) is 1. The first-order valence-corrected chi connectivity index (χ1v) is 9.17. The van der Waals surface area contributed by atoms with E-state index < -0.39 is 5.91 Å². The van der Waals surface area contributed by atoms with Gasteiger partial charge in [0.15, 0.2) is 0 Å². The van der Waals surface area contributed by atoms with Crippen molar-refractivity contribution in [3.8, 4) is 23.8 Å². The molecule has 0 bridgehead atoms. The summed E-state index contributed by atoms with van der Waals surface area (Å²) < 4.78 is 7.36. The van der Waals surface area contributed by atoms with Crippen molar-refractivity contribution in [2.45, 2.75) is 6.92 Å². The highest BCUT2D eigenvalue weighted by atomic mass is 16.4. The lowest BCUT2D eigenvalue weighted by atomic mass is 10.1. The lowest BCUT2D eigenvalue weighted by Gasteiger charge is -2.05. The maximum Gasteiger partial charge on any atom is 0.260 e. The molecular formula is C24H16N4O2. The second-order valence-electron chi connectivity index (χ2n) is 6.42. The Labute approximate surface area is 173 Å². The Morgan fingerprint density at radius 1 is 1.10 bits per heavy atom. The van der Waals surface area contributed by atoms with Crippen molar-refractivity contribution < 1.29 is 9.21 Å². The zero-order valence-corrected chi connectivity index (χ0v) is 16.1. The maximum atomic E-state index is 12.9. The minimum absolute atomic E-state index is 0.187. The molecule has 6 nitrogen and oxygen atoms in total. The van der Waals surface area contributed by atoms with Gasteiger partial charge in [-0.2, -0.15) is 5.26 Å². The monoisotopic (exact) mass is 392 g/mol. The highest BCUT2D eigenvalue weighted by Crippen LogP contribution is 2.26. The second-order valence-corrected chi connectivity index (χ2v) is 6.42. The third-order valence-electron chi connectivity index (χ3n) is 4.36. The van der Waals surface area contributed by atoms with E-state index >= 15 is 0 Å². The number of hydrogen-bond acceptors (Lipinski definition) is 4. The quantitative estimate of drug-likeness (QED) is 0.527. The molecule has 1 N–H and O–H groups in total. The number of rotatable bonds is 3. The van der Waals surface area contributed by atoms with Gasteiger partial charge in [-0.05, 0) is 55.3 Å². The summed E-state index contributed by atoms with van der Waals surface area (Å²) in [6, 6.07) is 18.4. The molecule has 1 amide bonds. The summed E-state index contributed by atoms with van der Waals surface area (Å²) in [6.45, 7) is 1.66. The van der Waals surface area contributed by atoms with Gasteiger partial charge in [0.1, 0.15) is 28.7 Å². The summed E-state index contributed by atoms with van der Waals surface area (Å²) in [5.74, 6) is 6.30. The normalized spacial score (nSPS) is 10.0. The zero-order chi connectivity index (χ0) is 20.9. The van der Waals surface area contributed by atoms with Gasteiger partial charge in [0.2, 0.25) is 5.88 Å². The number of nitriles is 1. The summed E-state index contributed by atoms with van der Waals surface area (Å²) in [5, 5.41) is 12.4. The van der Waals surface area contributed by atoms with Crippen LogP contribution < -0.4 is 5.32 Å². The smallest absolute Gasteiger partial charge is 0.260 e. The molecule has 0 saturated heterocycles. The third-order valence-corrected chi connectivity index (χ3v) is 4.36. The molecule has 4 aromatic rings. The van der Waals surface area contributed by atoms with Gasteiger partial charge in [0.25, 0.3) is 5.91 Å². The number of carbonyl (C=O) groups excluding carboxylic acids is 1. The zero-order valence-electron chi connectivity index (χ0n) is 16.1. The summed E-state index contributed by atoms with van der Waals surface area (Å²) in [6.07, 6.45) is 5.19. The topological polar surface area (TPSA) is 83.8 Å². The lowest BCUT2D eigenvalue weighted by molar-refractivity contribution is 0.102. The Balaban J connectivity index is 1.60. The molecule has 0 spiro atoms. The second kappa shape index (κ2) is 8.22. The summed E-state index contributed by atoms with van der Waals surface area (Å²) >= 11 is 0. The number of carbonyl (C=O) groups is 1. The minimum Gasteiger partial charge on any atom is -0.443 e. The standard InChI is InChI=1S/C24H16N4O2/c1-17-22(21(16-25)24(30-17)28-13-4-5-14-28)23(29)27-20-9-6-7-18(15-20)10-11-19-8-2-3-12-26-19/h2-9,12-15H,1H3,(H,27,29). The molecule has 0 unspecified atom stereocenters. The van der Waals surface area contributed by atoms with Crippen molar-refractivity contribution in [3.05, 3.63) is 101 Å². The van der Waals surface area contributed by atoms with Crippen LogP contribution >= 0.6 is 0 Å². The van der Waals surface area contributed by atoms with Gasteiger partial charge in [0.05, 0.1) is 0 Å². The first-order chi connectivity index (χ1) is 14.7. The van der Waals surface area contributed by atoms with E-state index in [-0.39, 0.29) is 11.1 Å². The number of benzene rings is 1. The van der Waals surface area contributed by atoms with Gasteiger partial charge in [-0.15, -0.1) is 0 Å². The molecule has 0 aliphatic heterocycles. The van der Waals surface area contributed by atoms with Crippen molar-refractivity contribution in [2.75, 3.05) is 5.32 Å². The van der Waals surface area contributed by atoms with Crippen molar-refractivity contribution >= 4 is 11.6 Å². The fraction of sp³-hybridized carbons (Fsp3) is 0.0417. The molecule has 30 heavy (non-hydrogen) atoms. The average molecular weight is 392 g/mol. The fourth-order valence-electron chi connectivity index (χ4n) is 3.00. The van der Waals surface area contributed by atoms with Crippen LogP contribution in [0.2, 0.25) is 0 Å². The number of amides is 1. The molecule has 4 rings (SSSR count). The highest BCUT2D eigenvalue weighted by molar-refractivity contribution is 6.07. The van der Waals surface area contributed by atoms with Gasteiger partial charge in [-0.1, -0.05) is 18.1 Å². The molecule has 3 aromatic heterocycles. The molecule has 0 atom stereocenters. The molecule has 0 saturated carbocycles. The summed E-state index contributed by atoms with van der Waals surface area (Å²) in [5.41, 5.74) is 2.37. The van der Waals surface area contributed by atoms with E-state index in [1.54, 1.807) is 48.3 Å². The van der Waals surface area contributed by atoms with Crippen LogP contribution in [0.15, 0.2) is 77.6 Å².